The zero-order valence-corrected chi connectivity index (χ0v) is 12.8. The van der Waals surface area contributed by atoms with Crippen molar-refractivity contribution in [2.24, 2.45) is 0 Å². The molecule has 0 bridgehead atoms. The minimum absolute atomic E-state index is 0.171. The summed E-state index contributed by atoms with van der Waals surface area (Å²) in [6, 6.07) is 7.61. The van der Waals surface area contributed by atoms with E-state index in [1.165, 1.54) is 0 Å². The lowest BCUT2D eigenvalue weighted by Gasteiger charge is -2.14. The fourth-order valence-electron chi connectivity index (χ4n) is 2.57. The van der Waals surface area contributed by atoms with Crippen molar-refractivity contribution in [3.8, 4) is 5.75 Å². The van der Waals surface area contributed by atoms with E-state index in [0.29, 0.717) is 6.42 Å². The SMILES string of the molecule is COc1ccc(CCS(=O)(=O)C2CCCNCC2)cc1. The summed E-state index contributed by atoms with van der Waals surface area (Å²) in [7, 11) is -1.37. The topological polar surface area (TPSA) is 55.4 Å². The average molecular weight is 297 g/mol. The zero-order chi connectivity index (χ0) is 14.4. The predicted octanol–water partition coefficient (Wildman–Crippen LogP) is 1.79. The van der Waals surface area contributed by atoms with Gasteiger partial charge < -0.3 is 10.1 Å². The molecule has 1 aromatic carbocycles. The Morgan fingerprint density at radius 3 is 2.65 bits per heavy atom. The van der Waals surface area contributed by atoms with Crippen LogP contribution < -0.4 is 10.1 Å². The van der Waals surface area contributed by atoms with E-state index in [1.54, 1.807) is 7.11 Å². The van der Waals surface area contributed by atoms with Gasteiger partial charge in [0.2, 0.25) is 0 Å². The molecular formula is C15H23NO3S. The number of methoxy groups -OCH3 is 1. The van der Waals surface area contributed by atoms with Crippen LogP contribution in [0.2, 0.25) is 0 Å². The second kappa shape index (κ2) is 7.09. The molecular weight excluding hydrogens is 274 g/mol. The quantitative estimate of drug-likeness (QED) is 0.900. The molecule has 0 saturated carbocycles. The van der Waals surface area contributed by atoms with Crippen LogP contribution in [0.25, 0.3) is 0 Å². The van der Waals surface area contributed by atoms with E-state index in [9.17, 15) is 8.42 Å². The molecule has 1 fully saturated rings. The van der Waals surface area contributed by atoms with Gasteiger partial charge >= 0.3 is 0 Å². The molecule has 5 heteroatoms. The summed E-state index contributed by atoms with van der Waals surface area (Å²) in [6.45, 7) is 1.75. The lowest BCUT2D eigenvalue weighted by atomic mass is 10.2. The number of aryl methyl sites for hydroxylation is 1. The van der Waals surface area contributed by atoms with Crippen LogP contribution in [0.5, 0.6) is 5.75 Å². The van der Waals surface area contributed by atoms with Gasteiger partial charge in [-0.25, -0.2) is 8.42 Å². The molecule has 0 spiro atoms. The van der Waals surface area contributed by atoms with Crippen LogP contribution in [0.15, 0.2) is 24.3 Å². The highest BCUT2D eigenvalue weighted by molar-refractivity contribution is 7.92. The van der Waals surface area contributed by atoms with Crippen LogP contribution in [-0.2, 0) is 16.3 Å². The Bertz CT molecular complexity index is 502. The van der Waals surface area contributed by atoms with Gasteiger partial charge in [0.25, 0.3) is 0 Å². The molecule has 20 heavy (non-hydrogen) atoms. The largest absolute Gasteiger partial charge is 0.497 e. The highest BCUT2D eigenvalue weighted by Crippen LogP contribution is 2.18. The normalized spacial score (nSPS) is 20.4. The van der Waals surface area contributed by atoms with Crippen LogP contribution >= 0.6 is 0 Å². The van der Waals surface area contributed by atoms with Crippen molar-refractivity contribution in [3.05, 3.63) is 29.8 Å². The molecule has 1 atom stereocenters. The average Bonchev–Trinajstić information content (AvgIpc) is 2.75. The molecule has 0 aromatic heterocycles. The Labute approximate surface area is 121 Å². The third-order valence-electron chi connectivity index (χ3n) is 3.86. The Balaban J connectivity index is 1.93. The molecule has 0 amide bonds. The van der Waals surface area contributed by atoms with E-state index in [4.69, 9.17) is 4.74 Å². The summed E-state index contributed by atoms with van der Waals surface area (Å²) in [4.78, 5) is 0. The van der Waals surface area contributed by atoms with Crippen molar-refractivity contribution in [2.45, 2.75) is 30.9 Å². The van der Waals surface area contributed by atoms with Crippen molar-refractivity contribution in [1.29, 1.82) is 0 Å². The summed E-state index contributed by atoms with van der Waals surface area (Å²) < 4.78 is 29.9. The predicted molar refractivity (Wildman–Crippen MR) is 81.0 cm³/mol. The number of benzene rings is 1. The van der Waals surface area contributed by atoms with Crippen LogP contribution in [0.1, 0.15) is 24.8 Å². The summed E-state index contributed by atoms with van der Waals surface area (Å²) >= 11 is 0. The first kappa shape index (κ1) is 15.3. The van der Waals surface area contributed by atoms with Crippen LogP contribution in [0.3, 0.4) is 0 Å². The Morgan fingerprint density at radius 1 is 1.20 bits per heavy atom. The molecule has 1 aromatic rings. The van der Waals surface area contributed by atoms with Gasteiger partial charge in [-0.15, -0.1) is 0 Å². The molecule has 4 nitrogen and oxygen atoms in total. The highest BCUT2D eigenvalue weighted by Gasteiger charge is 2.25. The van der Waals surface area contributed by atoms with Gasteiger partial charge in [0.1, 0.15) is 5.75 Å². The minimum Gasteiger partial charge on any atom is -0.497 e. The van der Waals surface area contributed by atoms with Crippen molar-refractivity contribution < 1.29 is 13.2 Å². The van der Waals surface area contributed by atoms with Crippen molar-refractivity contribution in [2.75, 3.05) is 26.0 Å². The summed E-state index contributed by atoms with van der Waals surface area (Å²) in [5.41, 5.74) is 1.04. The monoisotopic (exact) mass is 297 g/mol. The van der Waals surface area contributed by atoms with Crippen LogP contribution in [0, 0.1) is 0 Å². The fourth-order valence-corrected chi connectivity index (χ4v) is 4.42. The first-order valence-electron chi connectivity index (χ1n) is 7.17. The lowest BCUT2D eigenvalue weighted by Crippen LogP contribution is -2.26. The summed E-state index contributed by atoms with van der Waals surface area (Å²) in [5.74, 6) is 1.04. The standard InChI is InChI=1S/C15H23NO3S/c1-19-14-6-4-13(5-7-14)9-12-20(17,18)15-3-2-10-16-11-8-15/h4-7,15-16H,2-3,8-12H2,1H3. The van der Waals surface area contributed by atoms with E-state index < -0.39 is 9.84 Å². The van der Waals surface area contributed by atoms with E-state index in [0.717, 1.165) is 43.7 Å². The number of hydrogen-bond donors (Lipinski definition) is 1. The number of sulfone groups is 1. The molecule has 1 saturated heterocycles. The van der Waals surface area contributed by atoms with E-state index in [1.807, 2.05) is 24.3 Å². The lowest BCUT2D eigenvalue weighted by molar-refractivity contribution is 0.414. The van der Waals surface area contributed by atoms with Gasteiger partial charge in [-0.05, 0) is 56.5 Å². The van der Waals surface area contributed by atoms with Gasteiger partial charge in [-0.2, -0.15) is 0 Å². The molecule has 0 radical (unpaired) electrons. The molecule has 1 N–H and O–H groups in total. The third kappa shape index (κ3) is 4.21. The molecule has 1 unspecified atom stereocenters. The smallest absolute Gasteiger partial charge is 0.153 e. The molecule has 1 heterocycles. The Hall–Kier alpha value is -1.07. The van der Waals surface area contributed by atoms with Gasteiger partial charge in [0.05, 0.1) is 18.1 Å². The first-order valence-corrected chi connectivity index (χ1v) is 8.88. The van der Waals surface area contributed by atoms with Gasteiger partial charge in [0.15, 0.2) is 9.84 Å². The fraction of sp³-hybridized carbons (Fsp3) is 0.600. The first-order chi connectivity index (χ1) is 9.62. The maximum Gasteiger partial charge on any atom is 0.153 e. The van der Waals surface area contributed by atoms with Crippen LogP contribution in [0.4, 0.5) is 0 Å². The minimum atomic E-state index is -2.99. The molecule has 112 valence electrons. The Morgan fingerprint density at radius 2 is 1.95 bits per heavy atom. The third-order valence-corrected chi connectivity index (χ3v) is 6.13. The second-order valence-electron chi connectivity index (χ2n) is 5.27. The van der Waals surface area contributed by atoms with Gasteiger partial charge in [-0.1, -0.05) is 12.1 Å². The van der Waals surface area contributed by atoms with E-state index >= 15 is 0 Å². The van der Waals surface area contributed by atoms with Crippen molar-refractivity contribution in [3.63, 3.8) is 0 Å². The number of rotatable bonds is 5. The van der Waals surface area contributed by atoms with Gasteiger partial charge in [-0.3, -0.25) is 0 Å². The molecule has 1 aliphatic heterocycles. The molecule has 2 rings (SSSR count). The molecule has 1 aliphatic rings. The van der Waals surface area contributed by atoms with E-state index in [-0.39, 0.29) is 11.0 Å². The maximum absolute atomic E-state index is 12.4. The number of ether oxygens (including phenoxy) is 1. The summed E-state index contributed by atoms with van der Waals surface area (Å²) in [5, 5.41) is 3.09. The Kier molecular flexibility index (Phi) is 5.43. The van der Waals surface area contributed by atoms with Crippen molar-refractivity contribution >= 4 is 9.84 Å². The summed E-state index contributed by atoms with van der Waals surface area (Å²) in [6.07, 6.45) is 3.06. The second-order valence-corrected chi connectivity index (χ2v) is 7.67. The highest BCUT2D eigenvalue weighted by atomic mass is 32.2. The van der Waals surface area contributed by atoms with Crippen LogP contribution in [-0.4, -0.2) is 39.6 Å². The van der Waals surface area contributed by atoms with E-state index in [2.05, 4.69) is 5.32 Å². The number of nitrogens with one attached hydrogen (secondary N) is 1. The maximum atomic E-state index is 12.4. The van der Waals surface area contributed by atoms with Crippen molar-refractivity contribution in [1.82, 2.24) is 5.32 Å². The van der Waals surface area contributed by atoms with Gasteiger partial charge in [0, 0.05) is 0 Å². The molecule has 0 aliphatic carbocycles. The zero-order valence-electron chi connectivity index (χ0n) is 12.0. The number of hydrogen-bond acceptors (Lipinski definition) is 4.